The number of carbonyl (C=O) groups excluding carboxylic acids is 3. The largest absolute Gasteiger partial charge is 0.397 e. The predicted octanol–water partition coefficient (Wildman–Crippen LogP) is 4.48. The SMILES string of the molecule is CN(C(=O)C(C(N)=O)c1ccc(C(=O)Nc2cc(-c3ccsc3)ccc2N)cc1)c1ccccc1. The van der Waals surface area contributed by atoms with Gasteiger partial charge >= 0.3 is 0 Å². The van der Waals surface area contributed by atoms with Crippen LogP contribution in [0.1, 0.15) is 21.8 Å². The van der Waals surface area contributed by atoms with Crippen LogP contribution in [0.2, 0.25) is 0 Å². The minimum absolute atomic E-state index is 0.348. The summed E-state index contributed by atoms with van der Waals surface area (Å²) in [5.41, 5.74) is 16.0. The van der Waals surface area contributed by atoms with Crippen LogP contribution in [0.15, 0.2) is 89.6 Å². The summed E-state index contributed by atoms with van der Waals surface area (Å²) in [6, 6.07) is 22.7. The van der Waals surface area contributed by atoms with Crippen molar-refractivity contribution >= 4 is 46.1 Å². The molecule has 5 N–H and O–H groups in total. The maximum Gasteiger partial charge on any atom is 0.255 e. The third-order valence-electron chi connectivity index (χ3n) is 5.67. The van der Waals surface area contributed by atoms with Crippen molar-refractivity contribution in [3.63, 3.8) is 0 Å². The molecular formula is C27H24N4O3S. The zero-order chi connectivity index (χ0) is 24.9. The lowest BCUT2D eigenvalue weighted by molar-refractivity contribution is -0.128. The number of hydrogen-bond donors (Lipinski definition) is 3. The Kier molecular flexibility index (Phi) is 6.93. The van der Waals surface area contributed by atoms with Crippen molar-refractivity contribution in [2.45, 2.75) is 5.92 Å². The van der Waals surface area contributed by atoms with Gasteiger partial charge in [-0.25, -0.2) is 0 Å². The van der Waals surface area contributed by atoms with Gasteiger partial charge in [0, 0.05) is 18.3 Å². The van der Waals surface area contributed by atoms with Gasteiger partial charge in [-0.1, -0.05) is 36.4 Å². The number of nitrogens with two attached hydrogens (primary N) is 2. The highest BCUT2D eigenvalue weighted by atomic mass is 32.1. The third kappa shape index (κ3) is 5.23. The first-order valence-corrected chi connectivity index (χ1v) is 11.7. The standard InChI is InChI=1S/C27H24N4O3S/c1-31(21-5-3-2-4-6-21)27(34)24(25(29)32)17-7-9-18(10-8-17)26(33)30-23-15-19(11-12-22(23)28)20-13-14-35-16-20/h2-16,24H,28H2,1H3,(H2,29,32)(H,30,33). The topological polar surface area (TPSA) is 119 Å². The Balaban J connectivity index is 1.53. The van der Waals surface area contributed by atoms with Crippen molar-refractivity contribution in [3.05, 3.63) is 101 Å². The number of benzene rings is 3. The lowest BCUT2D eigenvalue weighted by atomic mass is 9.95. The number of anilines is 3. The van der Waals surface area contributed by atoms with Crippen LogP contribution >= 0.6 is 11.3 Å². The van der Waals surface area contributed by atoms with E-state index < -0.39 is 17.7 Å². The van der Waals surface area contributed by atoms with Gasteiger partial charge in [-0.15, -0.1) is 0 Å². The second-order valence-electron chi connectivity index (χ2n) is 7.96. The molecule has 1 heterocycles. The molecule has 0 radical (unpaired) electrons. The maximum absolute atomic E-state index is 13.0. The number of rotatable bonds is 7. The number of hydrogen-bond acceptors (Lipinski definition) is 5. The molecular weight excluding hydrogens is 460 g/mol. The lowest BCUT2D eigenvalue weighted by Crippen LogP contribution is -2.38. The average molecular weight is 485 g/mol. The first kappa shape index (κ1) is 23.7. The molecule has 0 aliphatic rings. The van der Waals surface area contributed by atoms with Crippen LogP contribution < -0.4 is 21.7 Å². The first-order valence-electron chi connectivity index (χ1n) is 10.8. The third-order valence-corrected chi connectivity index (χ3v) is 6.35. The van der Waals surface area contributed by atoms with Gasteiger partial charge in [0.15, 0.2) is 0 Å². The summed E-state index contributed by atoms with van der Waals surface area (Å²) >= 11 is 1.58. The summed E-state index contributed by atoms with van der Waals surface area (Å²) in [5.74, 6) is -2.78. The van der Waals surface area contributed by atoms with E-state index in [1.165, 1.54) is 4.90 Å². The highest BCUT2D eigenvalue weighted by Gasteiger charge is 2.30. The molecule has 35 heavy (non-hydrogen) atoms. The van der Waals surface area contributed by atoms with E-state index in [1.807, 2.05) is 35.0 Å². The van der Waals surface area contributed by atoms with Crippen LogP contribution in [-0.2, 0) is 9.59 Å². The van der Waals surface area contributed by atoms with Crippen LogP contribution in [0, 0.1) is 0 Å². The van der Waals surface area contributed by atoms with Crippen LogP contribution in [0.4, 0.5) is 17.1 Å². The number of para-hydroxylation sites is 1. The van der Waals surface area contributed by atoms with Crippen molar-refractivity contribution in [1.29, 1.82) is 0 Å². The zero-order valence-corrected chi connectivity index (χ0v) is 19.8. The van der Waals surface area contributed by atoms with E-state index in [0.717, 1.165) is 11.1 Å². The van der Waals surface area contributed by atoms with Crippen molar-refractivity contribution in [2.24, 2.45) is 5.73 Å². The van der Waals surface area contributed by atoms with E-state index in [2.05, 4.69) is 5.32 Å². The molecule has 0 aliphatic heterocycles. The van der Waals surface area contributed by atoms with Gasteiger partial charge in [-0.05, 0) is 69.9 Å². The van der Waals surface area contributed by atoms with Gasteiger partial charge < -0.3 is 21.7 Å². The Labute approximate surface area is 207 Å². The van der Waals surface area contributed by atoms with E-state index in [1.54, 1.807) is 73.0 Å². The van der Waals surface area contributed by atoms with E-state index in [-0.39, 0.29) is 5.91 Å². The Morgan fingerprint density at radius 3 is 2.26 bits per heavy atom. The minimum atomic E-state index is -1.18. The second-order valence-corrected chi connectivity index (χ2v) is 8.74. The highest BCUT2D eigenvalue weighted by molar-refractivity contribution is 7.08. The number of primary amides is 1. The Bertz CT molecular complexity index is 1350. The first-order chi connectivity index (χ1) is 16.8. The summed E-state index contributed by atoms with van der Waals surface area (Å²) in [6.45, 7) is 0. The quantitative estimate of drug-likeness (QED) is 0.265. The van der Waals surface area contributed by atoms with Crippen molar-refractivity contribution in [3.8, 4) is 11.1 Å². The predicted molar refractivity (Wildman–Crippen MR) is 140 cm³/mol. The van der Waals surface area contributed by atoms with Crippen molar-refractivity contribution in [1.82, 2.24) is 0 Å². The molecule has 7 nitrogen and oxygen atoms in total. The number of nitrogens with one attached hydrogen (secondary N) is 1. The van der Waals surface area contributed by atoms with Crippen LogP contribution in [0.5, 0.6) is 0 Å². The summed E-state index contributed by atoms with van der Waals surface area (Å²) < 4.78 is 0. The Morgan fingerprint density at radius 1 is 0.914 bits per heavy atom. The molecule has 0 aliphatic carbocycles. The lowest BCUT2D eigenvalue weighted by Gasteiger charge is -2.22. The van der Waals surface area contributed by atoms with Gasteiger partial charge in [0.05, 0.1) is 11.4 Å². The fraction of sp³-hybridized carbons (Fsp3) is 0.0741. The number of likely N-dealkylation sites (N-methyl/N-ethyl adjacent to an activating group) is 1. The molecule has 0 spiro atoms. The van der Waals surface area contributed by atoms with Gasteiger partial charge in [0.1, 0.15) is 5.92 Å². The molecule has 4 aromatic rings. The van der Waals surface area contributed by atoms with E-state index in [9.17, 15) is 14.4 Å². The van der Waals surface area contributed by atoms with Crippen LogP contribution in [0.3, 0.4) is 0 Å². The molecule has 4 rings (SSSR count). The zero-order valence-electron chi connectivity index (χ0n) is 19.0. The van der Waals surface area contributed by atoms with E-state index in [4.69, 9.17) is 11.5 Å². The Morgan fingerprint density at radius 2 is 1.63 bits per heavy atom. The maximum atomic E-state index is 13.0. The van der Waals surface area contributed by atoms with Gasteiger partial charge in [0.25, 0.3) is 5.91 Å². The summed E-state index contributed by atoms with van der Waals surface area (Å²) in [7, 11) is 1.59. The van der Waals surface area contributed by atoms with E-state index in [0.29, 0.717) is 28.2 Å². The molecule has 1 unspecified atom stereocenters. The summed E-state index contributed by atoms with van der Waals surface area (Å²) in [6.07, 6.45) is 0. The normalized spacial score (nSPS) is 11.5. The molecule has 1 aromatic heterocycles. The van der Waals surface area contributed by atoms with E-state index >= 15 is 0 Å². The fourth-order valence-corrected chi connectivity index (χ4v) is 4.36. The van der Waals surface area contributed by atoms with Crippen molar-refractivity contribution in [2.75, 3.05) is 23.0 Å². The molecule has 1 atom stereocenters. The molecule has 0 fully saturated rings. The van der Waals surface area contributed by atoms with Crippen molar-refractivity contribution < 1.29 is 14.4 Å². The second kappa shape index (κ2) is 10.2. The monoisotopic (exact) mass is 484 g/mol. The molecule has 176 valence electrons. The number of amides is 3. The van der Waals surface area contributed by atoms with Crippen LogP contribution in [0.25, 0.3) is 11.1 Å². The van der Waals surface area contributed by atoms with Gasteiger partial charge in [-0.3, -0.25) is 14.4 Å². The molecule has 0 bridgehead atoms. The van der Waals surface area contributed by atoms with Gasteiger partial charge in [0.2, 0.25) is 11.8 Å². The summed E-state index contributed by atoms with van der Waals surface area (Å²) in [5, 5.41) is 6.83. The summed E-state index contributed by atoms with van der Waals surface area (Å²) in [4.78, 5) is 39.5. The molecule has 3 amide bonds. The number of nitrogens with zero attached hydrogens (tertiary/aromatic N) is 1. The fourth-order valence-electron chi connectivity index (χ4n) is 3.70. The number of nitrogen functional groups attached to an aromatic ring is 1. The molecule has 0 saturated carbocycles. The number of thiophene rings is 1. The molecule has 0 saturated heterocycles. The Hall–Kier alpha value is -4.43. The molecule has 8 heteroatoms. The smallest absolute Gasteiger partial charge is 0.255 e. The molecule has 3 aromatic carbocycles. The average Bonchev–Trinajstić information content (AvgIpc) is 3.41. The minimum Gasteiger partial charge on any atom is -0.397 e. The van der Waals surface area contributed by atoms with Crippen LogP contribution in [-0.4, -0.2) is 24.8 Å². The van der Waals surface area contributed by atoms with Gasteiger partial charge in [-0.2, -0.15) is 11.3 Å². The number of carbonyl (C=O) groups is 3. The highest BCUT2D eigenvalue weighted by Crippen LogP contribution is 2.29.